The molecule has 0 bridgehead atoms. The van der Waals surface area contributed by atoms with Gasteiger partial charge in [-0.2, -0.15) is 18.0 Å². The van der Waals surface area contributed by atoms with Crippen molar-refractivity contribution in [2.45, 2.75) is 25.3 Å². The van der Waals surface area contributed by atoms with Crippen molar-refractivity contribution in [1.82, 2.24) is 14.6 Å². The normalized spacial score (nSPS) is 11.7. The summed E-state index contributed by atoms with van der Waals surface area (Å²) in [4.78, 5) is 4.93. The Morgan fingerprint density at radius 2 is 1.84 bits per heavy atom. The number of anilines is 1. The summed E-state index contributed by atoms with van der Waals surface area (Å²) >= 11 is 1.35. The lowest BCUT2D eigenvalue weighted by Gasteiger charge is -2.11. The van der Waals surface area contributed by atoms with Crippen molar-refractivity contribution in [3.05, 3.63) is 28.9 Å². The Morgan fingerprint density at radius 1 is 1.20 bits per heavy atom. The van der Waals surface area contributed by atoms with E-state index in [0.717, 1.165) is 5.01 Å². The van der Waals surface area contributed by atoms with Gasteiger partial charge in [-0.05, 0) is 13.3 Å². The van der Waals surface area contributed by atoms with E-state index >= 15 is 0 Å². The number of rotatable bonds is 6. The maximum Gasteiger partial charge on any atom is 0.281 e. The van der Waals surface area contributed by atoms with Crippen molar-refractivity contribution in [2.75, 3.05) is 18.9 Å². The maximum absolute atomic E-state index is 13.0. The van der Waals surface area contributed by atoms with Gasteiger partial charge >= 0.3 is 0 Å². The lowest BCUT2D eigenvalue weighted by molar-refractivity contribution is 0.395. The van der Waals surface area contributed by atoms with Gasteiger partial charge in [-0.1, -0.05) is 18.3 Å². The minimum atomic E-state index is -3.89. The Balaban J connectivity index is 2.08. The molecule has 134 valence electrons. The van der Waals surface area contributed by atoms with Crippen LogP contribution >= 0.6 is 11.3 Å². The summed E-state index contributed by atoms with van der Waals surface area (Å²) in [5.41, 5.74) is 0.807. The topological polar surface area (TPSA) is 94.8 Å². The van der Waals surface area contributed by atoms with Crippen LogP contribution in [-0.4, -0.2) is 37.2 Å². The lowest BCUT2D eigenvalue weighted by Crippen LogP contribution is -2.17. The molecule has 0 aliphatic rings. The van der Waals surface area contributed by atoms with E-state index < -0.39 is 10.0 Å². The number of methoxy groups -OCH3 is 2. The van der Waals surface area contributed by atoms with E-state index in [9.17, 15) is 8.42 Å². The van der Waals surface area contributed by atoms with Crippen molar-refractivity contribution >= 4 is 32.0 Å². The number of fused-ring (bicyclic) bond motifs is 1. The molecule has 2 aromatic heterocycles. The summed E-state index contributed by atoms with van der Waals surface area (Å²) in [6.07, 6.45) is 0.479. The van der Waals surface area contributed by atoms with Gasteiger partial charge in [-0.15, -0.1) is 0 Å². The molecule has 3 aromatic rings. The molecule has 8 nitrogen and oxygen atoms in total. The number of hydrogen-bond donors (Lipinski definition) is 1. The molecule has 0 aliphatic heterocycles. The third-order valence-corrected chi connectivity index (χ3v) is 5.77. The second kappa shape index (κ2) is 6.52. The zero-order chi connectivity index (χ0) is 18.2. The molecule has 1 aromatic carbocycles. The average Bonchev–Trinajstić information content (AvgIpc) is 3.08. The molecular weight excluding hydrogens is 364 g/mol. The van der Waals surface area contributed by atoms with Crippen molar-refractivity contribution in [2.24, 2.45) is 0 Å². The lowest BCUT2D eigenvalue weighted by atomic mass is 10.3. The van der Waals surface area contributed by atoms with Gasteiger partial charge in [0.05, 0.1) is 25.6 Å². The first-order valence-electron chi connectivity index (χ1n) is 7.49. The minimum absolute atomic E-state index is 0.0520. The van der Waals surface area contributed by atoms with E-state index in [2.05, 4.69) is 14.8 Å². The summed E-state index contributed by atoms with van der Waals surface area (Å²) in [6.45, 7) is 3.66. The van der Waals surface area contributed by atoms with Gasteiger partial charge in [0, 0.05) is 18.2 Å². The molecule has 0 amide bonds. The van der Waals surface area contributed by atoms with Crippen LogP contribution in [0.25, 0.3) is 4.96 Å². The second-order valence-corrected chi connectivity index (χ2v) is 8.00. The molecule has 0 unspecified atom stereocenters. The number of benzene rings is 1. The van der Waals surface area contributed by atoms with E-state index in [1.807, 2.05) is 13.8 Å². The van der Waals surface area contributed by atoms with Crippen molar-refractivity contribution < 1.29 is 17.9 Å². The van der Waals surface area contributed by atoms with Gasteiger partial charge in [0.2, 0.25) is 9.99 Å². The zero-order valence-electron chi connectivity index (χ0n) is 14.2. The van der Waals surface area contributed by atoms with E-state index in [4.69, 9.17) is 9.47 Å². The molecule has 2 heterocycles. The largest absolute Gasteiger partial charge is 0.497 e. The Hall–Kier alpha value is -2.33. The SMILES string of the molecule is CCc1nc2sc(C)nn2c1S(=O)(=O)Nc1cc(OC)cc(OC)c1. The molecule has 0 atom stereocenters. The Labute approximate surface area is 149 Å². The van der Waals surface area contributed by atoms with Gasteiger partial charge in [0.1, 0.15) is 16.5 Å². The number of sulfonamides is 1. The monoisotopic (exact) mass is 382 g/mol. The van der Waals surface area contributed by atoms with Crippen molar-refractivity contribution in [3.63, 3.8) is 0 Å². The molecule has 0 aliphatic carbocycles. The number of nitrogens with zero attached hydrogens (tertiary/aromatic N) is 3. The fourth-order valence-corrected chi connectivity index (χ4v) is 4.64. The number of hydrogen-bond acceptors (Lipinski definition) is 7. The number of imidazole rings is 1. The fourth-order valence-electron chi connectivity index (χ4n) is 2.44. The van der Waals surface area contributed by atoms with Crippen molar-refractivity contribution in [3.8, 4) is 11.5 Å². The molecule has 0 spiro atoms. The molecule has 10 heteroatoms. The first-order valence-corrected chi connectivity index (χ1v) is 9.78. The highest BCUT2D eigenvalue weighted by Crippen LogP contribution is 2.29. The van der Waals surface area contributed by atoms with Crippen LogP contribution in [0.4, 0.5) is 5.69 Å². The molecule has 0 saturated heterocycles. The highest BCUT2D eigenvalue weighted by molar-refractivity contribution is 7.92. The van der Waals surface area contributed by atoms with Crippen LogP contribution in [0.1, 0.15) is 17.6 Å². The predicted molar refractivity (Wildman–Crippen MR) is 95.3 cm³/mol. The number of aromatic nitrogens is 3. The molecule has 3 rings (SSSR count). The van der Waals surface area contributed by atoms with Crippen LogP contribution in [0, 0.1) is 6.92 Å². The third kappa shape index (κ3) is 3.27. The van der Waals surface area contributed by atoms with Gasteiger partial charge < -0.3 is 9.47 Å². The van der Waals surface area contributed by atoms with E-state index in [1.165, 1.54) is 30.1 Å². The summed E-state index contributed by atoms with van der Waals surface area (Å²) in [7, 11) is -0.891. The van der Waals surface area contributed by atoms with E-state index in [1.54, 1.807) is 18.2 Å². The first-order chi connectivity index (χ1) is 11.9. The Kier molecular flexibility index (Phi) is 4.56. The molecule has 0 fully saturated rings. The predicted octanol–water partition coefficient (Wildman–Crippen LogP) is 2.48. The van der Waals surface area contributed by atoms with Crippen LogP contribution in [-0.2, 0) is 16.4 Å². The van der Waals surface area contributed by atoms with Gasteiger partial charge in [0.15, 0.2) is 0 Å². The fraction of sp³-hybridized carbons (Fsp3) is 0.333. The van der Waals surface area contributed by atoms with Gasteiger partial charge in [0.25, 0.3) is 10.0 Å². The first kappa shape index (κ1) is 17.5. The summed E-state index contributed by atoms with van der Waals surface area (Å²) < 4.78 is 40.2. The van der Waals surface area contributed by atoms with Crippen LogP contribution < -0.4 is 14.2 Å². The highest BCUT2D eigenvalue weighted by Gasteiger charge is 2.27. The zero-order valence-corrected chi connectivity index (χ0v) is 15.9. The van der Waals surface area contributed by atoms with Crippen LogP contribution in [0.15, 0.2) is 23.2 Å². The Morgan fingerprint density at radius 3 is 2.40 bits per heavy atom. The quantitative estimate of drug-likeness (QED) is 0.704. The molecular formula is C15H18N4O4S2. The maximum atomic E-state index is 13.0. The summed E-state index contributed by atoms with van der Waals surface area (Å²) in [6, 6.07) is 4.82. The number of ether oxygens (including phenoxy) is 2. The van der Waals surface area contributed by atoms with Crippen molar-refractivity contribution in [1.29, 1.82) is 0 Å². The molecule has 25 heavy (non-hydrogen) atoms. The average molecular weight is 382 g/mol. The second-order valence-electron chi connectivity index (χ2n) is 5.24. The Bertz CT molecular complexity index is 1000. The number of nitrogens with one attached hydrogen (secondary N) is 1. The third-order valence-electron chi connectivity index (χ3n) is 3.52. The van der Waals surface area contributed by atoms with Gasteiger partial charge in [-0.3, -0.25) is 4.72 Å². The minimum Gasteiger partial charge on any atom is -0.497 e. The van der Waals surface area contributed by atoms with E-state index in [0.29, 0.717) is 34.3 Å². The smallest absolute Gasteiger partial charge is 0.281 e. The van der Waals surface area contributed by atoms with Crippen LogP contribution in [0.2, 0.25) is 0 Å². The highest BCUT2D eigenvalue weighted by atomic mass is 32.2. The molecule has 0 saturated carbocycles. The standard InChI is InChI=1S/C15H18N4O4S2/c1-5-13-14(19-15(16-13)24-9(2)17-19)25(20,21)18-10-6-11(22-3)8-12(7-10)23-4/h6-8,18H,5H2,1-4H3. The molecule has 1 N–H and O–H groups in total. The van der Waals surface area contributed by atoms with Gasteiger partial charge in [-0.25, -0.2) is 4.98 Å². The summed E-state index contributed by atoms with van der Waals surface area (Å²) in [5.74, 6) is 0.964. The van der Waals surface area contributed by atoms with E-state index in [-0.39, 0.29) is 5.03 Å². The van der Waals surface area contributed by atoms with Crippen LogP contribution in [0.5, 0.6) is 11.5 Å². The molecule has 0 radical (unpaired) electrons. The van der Waals surface area contributed by atoms with Crippen LogP contribution in [0.3, 0.4) is 0 Å². The number of aryl methyl sites for hydroxylation is 2. The summed E-state index contributed by atoms with van der Waals surface area (Å²) in [5, 5.41) is 5.05.